The summed E-state index contributed by atoms with van der Waals surface area (Å²) >= 11 is 6.66. The summed E-state index contributed by atoms with van der Waals surface area (Å²) in [5.74, 6) is 0.912. The molecular formula is C22H19N3O3S2. The van der Waals surface area contributed by atoms with Crippen molar-refractivity contribution in [2.45, 2.75) is 19.9 Å². The maximum Gasteiger partial charge on any atom is 0.269 e. The molecule has 6 nitrogen and oxygen atoms in total. The number of amides is 1. The van der Waals surface area contributed by atoms with Gasteiger partial charge in [0.05, 0.1) is 10.2 Å². The predicted octanol–water partition coefficient (Wildman–Crippen LogP) is 5.08. The van der Waals surface area contributed by atoms with Crippen LogP contribution in [-0.2, 0) is 4.79 Å². The average Bonchev–Trinajstić information content (AvgIpc) is 3.11. The van der Waals surface area contributed by atoms with Crippen molar-refractivity contribution >= 4 is 51.4 Å². The Morgan fingerprint density at radius 3 is 2.73 bits per heavy atom. The summed E-state index contributed by atoms with van der Waals surface area (Å²) in [5.41, 5.74) is 2.39. The van der Waals surface area contributed by atoms with Crippen molar-refractivity contribution in [3.63, 3.8) is 0 Å². The van der Waals surface area contributed by atoms with Crippen LogP contribution >= 0.6 is 23.6 Å². The molecule has 2 aromatic carbocycles. The molecule has 1 aromatic heterocycles. The Kier molecular flexibility index (Phi) is 5.57. The van der Waals surface area contributed by atoms with E-state index in [1.165, 1.54) is 11.3 Å². The number of carbonyl (C=O) groups excluding carboxylic acids is 1. The number of nitriles is 1. The number of ether oxygens (including phenoxy) is 2. The number of rotatable bonds is 4. The summed E-state index contributed by atoms with van der Waals surface area (Å²) in [5, 5.41) is 9.71. The third-order valence-electron chi connectivity index (χ3n) is 4.65. The lowest BCUT2D eigenvalue weighted by molar-refractivity contribution is -0.115. The van der Waals surface area contributed by atoms with Crippen molar-refractivity contribution in [1.82, 2.24) is 4.98 Å². The molecule has 1 N–H and O–H groups in total. The molecule has 0 spiro atoms. The zero-order valence-electron chi connectivity index (χ0n) is 16.5. The fourth-order valence-corrected chi connectivity index (χ4v) is 4.47. The minimum atomic E-state index is -0.360. The molecule has 0 unspecified atom stereocenters. The van der Waals surface area contributed by atoms with E-state index in [4.69, 9.17) is 21.7 Å². The van der Waals surface area contributed by atoms with Gasteiger partial charge in [-0.2, -0.15) is 5.26 Å². The number of fused-ring (bicyclic) bond motifs is 2. The third-order valence-corrected chi connectivity index (χ3v) is 5.84. The van der Waals surface area contributed by atoms with Crippen molar-refractivity contribution in [3.05, 3.63) is 51.5 Å². The normalized spacial score (nSPS) is 13.3. The van der Waals surface area contributed by atoms with E-state index in [1.807, 2.05) is 32.0 Å². The Bertz CT molecular complexity index is 1250. The second-order valence-electron chi connectivity index (χ2n) is 7.04. The molecule has 0 radical (unpaired) electrons. The predicted molar refractivity (Wildman–Crippen MR) is 121 cm³/mol. The first kappa shape index (κ1) is 20.1. The second-order valence-corrected chi connectivity index (χ2v) is 8.76. The standard InChI is InChI=1S/C22H19N3O3S2/c1-13(2)25(16-4-5-17-20(11-16)30-22(29)24-17)21(26)15(12-23)9-14-3-6-18-19(10-14)28-8-7-27-18/h3-6,9-11,13H,7-8H2,1-2H3,(H,24,29)/b15-9+. The van der Waals surface area contributed by atoms with E-state index in [0.717, 1.165) is 15.9 Å². The van der Waals surface area contributed by atoms with Crippen LogP contribution < -0.4 is 14.4 Å². The quantitative estimate of drug-likeness (QED) is 0.350. The van der Waals surface area contributed by atoms with Crippen molar-refractivity contribution < 1.29 is 14.3 Å². The molecule has 1 aliphatic heterocycles. The van der Waals surface area contributed by atoms with E-state index in [9.17, 15) is 10.1 Å². The van der Waals surface area contributed by atoms with Gasteiger partial charge in [-0.15, -0.1) is 11.3 Å². The zero-order valence-corrected chi connectivity index (χ0v) is 18.1. The fourth-order valence-electron chi connectivity index (χ4n) is 3.32. The molecule has 0 saturated heterocycles. The van der Waals surface area contributed by atoms with Gasteiger partial charge in [0.15, 0.2) is 15.5 Å². The Morgan fingerprint density at radius 2 is 2.00 bits per heavy atom. The van der Waals surface area contributed by atoms with Gasteiger partial charge in [-0.3, -0.25) is 4.79 Å². The van der Waals surface area contributed by atoms with Crippen molar-refractivity contribution in [1.29, 1.82) is 5.26 Å². The highest BCUT2D eigenvalue weighted by Gasteiger charge is 2.23. The number of carbonyl (C=O) groups is 1. The molecule has 1 amide bonds. The monoisotopic (exact) mass is 437 g/mol. The number of nitrogens with zero attached hydrogens (tertiary/aromatic N) is 2. The van der Waals surface area contributed by atoms with Gasteiger partial charge in [0.1, 0.15) is 24.9 Å². The van der Waals surface area contributed by atoms with E-state index in [1.54, 1.807) is 29.2 Å². The van der Waals surface area contributed by atoms with Crippen LogP contribution in [0.3, 0.4) is 0 Å². The van der Waals surface area contributed by atoms with Gasteiger partial charge >= 0.3 is 0 Å². The summed E-state index contributed by atoms with van der Waals surface area (Å²) in [6.07, 6.45) is 1.58. The minimum Gasteiger partial charge on any atom is -0.486 e. The molecule has 0 fully saturated rings. The van der Waals surface area contributed by atoms with Gasteiger partial charge in [0, 0.05) is 11.7 Å². The summed E-state index contributed by atoms with van der Waals surface area (Å²) in [4.78, 5) is 18.0. The van der Waals surface area contributed by atoms with Crippen LogP contribution in [0.1, 0.15) is 19.4 Å². The molecule has 0 saturated carbocycles. The summed E-state index contributed by atoms with van der Waals surface area (Å²) in [7, 11) is 0. The number of aromatic amines is 1. The minimum absolute atomic E-state index is 0.0437. The highest BCUT2D eigenvalue weighted by molar-refractivity contribution is 7.73. The first-order valence-electron chi connectivity index (χ1n) is 9.44. The molecule has 0 bridgehead atoms. The van der Waals surface area contributed by atoms with E-state index in [-0.39, 0.29) is 17.5 Å². The lowest BCUT2D eigenvalue weighted by Gasteiger charge is -2.26. The molecule has 0 aliphatic carbocycles. The number of nitrogens with one attached hydrogen (secondary N) is 1. The van der Waals surface area contributed by atoms with Gasteiger partial charge in [-0.1, -0.05) is 6.07 Å². The number of H-pyrrole nitrogens is 1. The molecule has 4 rings (SSSR count). The fraction of sp³-hybridized carbons (Fsp3) is 0.227. The van der Waals surface area contributed by atoms with Crippen LogP contribution in [0.25, 0.3) is 16.3 Å². The average molecular weight is 438 g/mol. The Balaban J connectivity index is 1.70. The Labute approximate surface area is 183 Å². The topological polar surface area (TPSA) is 78.3 Å². The van der Waals surface area contributed by atoms with Crippen molar-refractivity contribution in [2.75, 3.05) is 18.1 Å². The largest absolute Gasteiger partial charge is 0.486 e. The molecule has 30 heavy (non-hydrogen) atoms. The molecule has 2 heterocycles. The molecule has 8 heteroatoms. The molecule has 0 atom stereocenters. The highest BCUT2D eigenvalue weighted by Crippen LogP contribution is 2.32. The molecular weight excluding hydrogens is 418 g/mol. The van der Waals surface area contributed by atoms with Crippen LogP contribution in [0.15, 0.2) is 42.0 Å². The number of anilines is 1. The van der Waals surface area contributed by atoms with Gasteiger partial charge in [0.2, 0.25) is 0 Å². The number of thiazole rings is 1. The molecule has 1 aliphatic rings. The van der Waals surface area contributed by atoms with E-state index in [2.05, 4.69) is 11.1 Å². The number of hydrogen-bond acceptors (Lipinski definition) is 6. The van der Waals surface area contributed by atoms with Gasteiger partial charge < -0.3 is 19.4 Å². The first-order chi connectivity index (χ1) is 14.5. The van der Waals surface area contributed by atoms with Crippen LogP contribution in [0, 0.1) is 15.3 Å². The third kappa shape index (κ3) is 3.95. The SMILES string of the molecule is CC(C)N(C(=O)/C(C#N)=C/c1ccc2c(c1)OCCO2)c1ccc2[nH]c(=S)sc2c1. The number of hydrogen-bond donors (Lipinski definition) is 1. The second kappa shape index (κ2) is 8.30. The van der Waals surface area contributed by atoms with Crippen molar-refractivity contribution in [3.8, 4) is 17.6 Å². The maximum absolute atomic E-state index is 13.3. The van der Waals surface area contributed by atoms with E-state index < -0.39 is 0 Å². The zero-order chi connectivity index (χ0) is 21.3. The Hall–Kier alpha value is -3.15. The van der Waals surface area contributed by atoms with Gasteiger partial charge in [-0.05, 0) is 68.0 Å². The van der Waals surface area contributed by atoms with Gasteiger partial charge in [-0.25, -0.2) is 0 Å². The lowest BCUT2D eigenvalue weighted by Crippen LogP contribution is -2.37. The Morgan fingerprint density at radius 1 is 1.23 bits per heavy atom. The molecule has 152 valence electrons. The van der Waals surface area contributed by atoms with E-state index >= 15 is 0 Å². The van der Waals surface area contributed by atoms with E-state index in [0.29, 0.717) is 34.2 Å². The number of aromatic nitrogens is 1. The smallest absolute Gasteiger partial charge is 0.269 e. The van der Waals surface area contributed by atoms with Gasteiger partial charge in [0.25, 0.3) is 5.91 Å². The lowest BCUT2D eigenvalue weighted by atomic mass is 10.1. The summed E-state index contributed by atoms with van der Waals surface area (Å²) < 4.78 is 12.8. The summed E-state index contributed by atoms with van der Waals surface area (Å²) in [6, 6.07) is 13.0. The van der Waals surface area contributed by atoms with Crippen molar-refractivity contribution in [2.24, 2.45) is 0 Å². The van der Waals surface area contributed by atoms with Crippen LogP contribution in [-0.4, -0.2) is 30.1 Å². The highest BCUT2D eigenvalue weighted by atomic mass is 32.1. The summed E-state index contributed by atoms with van der Waals surface area (Å²) in [6.45, 7) is 4.81. The van der Waals surface area contributed by atoms with Crippen LogP contribution in [0.5, 0.6) is 11.5 Å². The van der Waals surface area contributed by atoms with Crippen LogP contribution in [0.2, 0.25) is 0 Å². The van der Waals surface area contributed by atoms with Crippen LogP contribution in [0.4, 0.5) is 5.69 Å². The molecule has 3 aromatic rings. The number of benzene rings is 2. The first-order valence-corrected chi connectivity index (χ1v) is 10.7. The maximum atomic E-state index is 13.3.